The van der Waals surface area contributed by atoms with Gasteiger partial charge in [0.1, 0.15) is 12.3 Å². The summed E-state index contributed by atoms with van der Waals surface area (Å²) in [6.07, 6.45) is -3.87. The minimum Gasteiger partial charge on any atom is -0.465 e. The number of β-amino-alcohol motifs (C(OH)–C–C–N with tert-alkyl or cyclic N) is 1. The van der Waals surface area contributed by atoms with Gasteiger partial charge in [0.2, 0.25) is 0 Å². The number of likely N-dealkylation sites (tertiary alicyclic amines) is 1. The van der Waals surface area contributed by atoms with Crippen molar-refractivity contribution in [3.05, 3.63) is 0 Å². The van der Waals surface area contributed by atoms with E-state index in [2.05, 4.69) is 0 Å². The third kappa shape index (κ3) is 1.82. The fourth-order valence-electron chi connectivity index (χ4n) is 1.94. The van der Waals surface area contributed by atoms with Crippen molar-refractivity contribution in [3.8, 4) is 0 Å². The molecule has 1 fully saturated rings. The van der Waals surface area contributed by atoms with Crippen LogP contribution in [0.5, 0.6) is 0 Å². The number of aliphatic hydroxyl groups is 1. The van der Waals surface area contributed by atoms with Gasteiger partial charge >= 0.3 is 6.09 Å². The summed E-state index contributed by atoms with van der Waals surface area (Å²) in [5, 5.41) is 18.1. The summed E-state index contributed by atoms with van der Waals surface area (Å²) in [7, 11) is 0. The Labute approximate surface area is 82.3 Å². The van der Waals surface area contributed by atoms with E-state index in [9.17, 15) is 14.3 Å². The molecule has 1 aliphatic rings. The van der Waals surface area contributed by atoms with E-state index < -0.39 is 29.8 Å². The van der Waals surface area contributed by atoms with Crippen molar-refractivity contribution in [1.82, 2.24) is 4.90 Å². The zero-order valence-electron chi connectivity index (χ0n) is 8.57. The van der Waals surface area contributed by atoms with Gasteiger partial charge in [-0.1, -0.05) is 20.8 Å². The summed E-state index contributed by atoms with van der Waals surface area (Å²) < 4.78 is 13.5. The highest BCUT2D eigenvalue weighted by molar-refractivity contribution is 5.66. The topological polar surface area (TPSA) is 60.8 Å². The first-order valence-electron chi connectivity index (χ1n) is 4.57. The third-order valence-electron chi connectivity index (χ3n) is 2.52. The Morgan fingerprint density at radius 3 is 2.29 bits per heavy atom. The van der Waals surface area contributed by atoms with E-state index in [4.69, 9.17) is 5.11 Å². The number of aliphatic hydroxyl groups excluding tert-OH is 1. The smallest absolute Gasteiger partial charge is 0.407 e. The number of carbonyl (C=O) groups is 1. The fraction of sp³-hybridized carbons (Fsp3) is 0.889. The minimum absolute atomic E-state index is 0.140. The predicted octanol–water partition coefficient (Wildman–Crippen LogP) is 1.09. The van der Waals surface area contributed by atoms with Crippen LogP contribution in [0.2, 0.25) is 0 Å². The first kappa shape index (κ1) is 11.2. The van der Waals surface area contributed by atoms with Crippen LogP contribution in [0.15, 0.2) is 0 Å². The van der Waals surface area contributed by atoms with Gasteiger partial charge < -0.3 is 10.2 Å². The Hall–Kier alpha value is -0.840. The molecule has 14 heavy (non-hydrogen) atoms. The second-order valence-electron chi connectivity index (χ2n) is 4.76. The normalized spacial score (nSPS) is 33.5. The van der Waals surface area contributed by atoms with Gasteiger partial charge in [-0.25, -0.2) is 9.18 Å². The van der Waals surface area contributed by atoms with Gasteiger partial charge in [0, 0.05) is 0 Å². The molecule has 5 heteroatoms. The van der Waals surface area contributed by atoms with E-state index in [1.165, 1.54) is 0 Å². The molecule has 0 radical (unpaired) electrons. The maximum absolute atomic E-state index is 13.5. The predicted molar refractivity (Wildman–Crippen MR) is 48.9 cm³/mol. The Morgan fingerprint density at radius 1 is 1.50 bits per heavy atom. The Kier molecular flexibility index (Phi) is 2.71. The number of carboxylic acid groups (broad SMARTS) is 1. The molecule has 1 aliphatic heterocycles. The van der Waals surface area contributed by atoms with Gasteiger partial charge in [0.05, 0.1) is 12.6 Å². The molecule has 0 spiro atoms. The Morgan fingerprint density at radius 2 is 2.00 bits per heavy atom. The van der Waals surface area contributed by atoms with Crippen LogP contribution in [0, 0.1) is 5.41 Å². The molecule has 1 rings (SSSR count). The third-order valence-corrected chi connectivity index (χ3v) is 2.52. The van der Waals surface area contributed by atoms with Crippen LogP contribution in [0.3, 0.4) is 0 Å². The van der Waals surface area contributed by atoms with Crippen LogP contribution in [0.4, 0.5) is 9.18 Å². The highest BCUT2D eigenvalue weighted by atomic mass is 19.1. The van der Waals surface area contributed by atoms with Crippen molar-refractivity contribution in [3.63, 3.8) is 0 Å². The maximum atomic E-state index is 13.5. The zero-order chi connectivity index (χ0) is 11.1. The van der Waals surface area contributed by atoms with E-state index >= 15 is 0 Å². The molecule has 1 unspecified atom stereocenters. The molecule has 0 aromatic rings. The molecule has 1 heterocycles. The first-order chi connectivity index (χ1) is 6.25. The monoisotopic (exact) mass is 205 g/mol. The van der Waals surface area contributed by atoms with Crippen LogP contribution in [-0.4, -0.2) is 46.1 Å². The standard InChI is InChI=1S/C9H16FNO3/c1-9(2,3)7-6(10)5(12)4-11(7)8(13)14/h5-7,12H,4H2,1-3H3,(H,13,14)/t5-,6-,7?/m0/s1. The summed E-state index contributed by atoms with van der Waals surface area (Å²) in [5.74, 6) is 0. The van der Waals surface area contributed by atoms with Crippen LogP contribution in [0.25, 0.3) is 0 Å². The molecule has 3 atom stereocenters. The highest BCUT2D eigenvalue weighted by Crippen LogP contribution is 2.34. The molecular formula is C9H16FNO3. The number of rotatable bonds is 0. The van der Waals surface area contributed by atoms with Crippen molar-refractivity contribution < 1.29 is 19.4 Å². The largest absolute Gasteiger partial charge is 0.465 e. The molecule has 0 aliphatic carbocycles. The number of hydrogen-bond acceptors (Lipinski definition) is 2. The zero-order valence-corrected chi connectivity index (χ0v) is 8.57. The number of hydrogen-bond donors (Lipinski definition) is 2. The summed E-state index contributed by atoms with van der Waals surface area (Å²) in [6.45, 7) is 5.15. The van der Waals surface area contributed by atoms with Gasteiger partial charge in [0.15, 0.2) is 0 Å². The number of nitrogens with zero attached hydrogens (tertiary/aromatic N) is 1. The van der Waals surface area contributed by atoms with Crippen LogP contribution in [0.1, 0.15) is 20.8 Å². The minimum atomic E-state index is -1.49. The highest BCUT2D eigenvalue weighted by Gasteiger charge is 2.49. The van der Waals surface area contributed by atoms with E-state index in [0.29, 0.717) is 0 Å². The van der Waals surface area contributed by atoms with Crippen molar-refractivity contribution in [2.45, 2.75) is 39.1 Å². The lowest BCUT2D eigenvalue weighted by atomic mass is 9.84. The molecule has 82 valence electrons. The number of halogens is 1. The first-order valence-corrected chi connectivity index (χ1v) is 4.57. The van der Waals surface area contributed by atoms with E-state index in [-0.39, 0.29) is 6.54 Å². The second kappa shape index (κ2) is 3.38. The average Bonchev–Trinajstić information content (AvgIpc) is 2.27. The van der Waals surface area contributed by atoms with Gasteiger partial charge in [-0.15, -0.1) is 0 Å². The van der Waals surface area contributed by atoms with Crippen LogP contribution in [-0.2, 0) is 0 Å². The van der Waals surface area contributed by atoms with Crippen molar-refractivity contribution in [2.24, 2.45) is 5.41 Å². The van der Waals surface area contributed by atoms with Crippen molar-refractivity contribution in [1.29, 1.82) is 0 Å². The molecule has 1 saturated heterocycles. The second-order valence-corrected chi connectivity index (χ2v) is 4.76. The van der Waals surface area contributed by atoms with Crippen molar-refractivity contribution >= 4 is 6.09 Å². The van der Waals surface area contributed by atoms with Gasteiger partial charge in [-0.2, -0.15) is 0 Å². The maximum Gasteiger partial charge on any atom is 0.407 e. The quantitative estimate of drug-likeness (QED) is 0.622. The molecule has 2 N–H and O–H groups in total. The Balaban J connectivity index is 2.93. The SMILES string of the molecule is CC(C)(C)C1[C@@H](F)[C@@H](O)CN1C(=O)O. The molecule has 1 amide bonds. The van der Waals surface area contributed by atoms with E-state index in [1.807, 2.05) is 0 Å². The van der Waals surface area contributed by atoms with Gasteiger partial charge in [0.25, 0.3) is 0 Å². The van der Waals surface area contributed by atoms with E-state index in [0.717, 1.165) is 4.90 Å². The van der Waals surface area contributed by atoms with Gasteiger partial charge in [-0.05, 0) is 5.41 Å². The molecule has 0 aromatic carbocycles. The average molecular weight is 205 g/mol. The Bertz CT molecular complexity index is 239. The van der Waals surface area contributed by atoms with E-state index in [1.54, 1.807) is 20.8 Å². The lowest BCUT2D eigenvalue weighted by Crippen LogP contribution is -2.46. The number of amides is 1. The molecule has 0 saturated carbocycles. The molecule has 0 bridgehead atoms. The lowest BCUT2D eigenvalue weighted by molar-refractivity contribution is 0.0629. The molecule has 4 nitrogen and oxygen atoms in total. The lowest BCUT2D eigenvalue weighted by Gasteiger charge is -2.33. The summed E-state index contributed by atoms with van der Waals surface area (Å²) in [4.78, 5) is 11.8. The molecule has 0 aromatic heterocycles. The van der Waals surface area contributed by atoms with Gasteiger partial charge in [-0.3, -0.25) is 4.90 Å². The molecular weight excluding hydrogens is 189 g/mol. The summed E-state index contributed by atoms with van der Waals surface area (Å²) >= 11 is 0. The van der Waals surface area contributed by atoms with Crippen molar-refractivity contribution in [2.75, 3.05) is 6.54 Å². The van der Waals surface area contributed by atoms with Crippen LogP contribution < -0.4 is 0 Å². The van der Waals surface area contributed by atoms with Crippen LogP contribution >= 0.6 is 0 Å². The summed E-state index contributed by atoms with van der Waals surface area (Å²) in [6, 6.07) is -0.769. The number of alkyl halides is 1. The summed E-state index contributed by atoms with van der Waals surface area (Å²) in [5.41, 5.74) is -0.505. The fourth-order valence-corrected chi connectivity index (χ4v) is 1.94.